The SMILES string of the molecule is COCCC(C)(C)CNC1CCCc2sc(I)cc21. The van der Waals surface area contributed by atoms with Crippen LogP contribution in [0.4, 0.5) is 0 Å². The summed E-state index contributed by atoms with van der Waals surface area (Å²) in [5, 5.41) is 3.79. The molecule has 108 valence electrons. The highest BCUT2D eigenvalue weighted by atomic mass is 127. The average Bonchev–Trinajstić information content (AvgIpc) is 2.74. The van der Waals surface area contributed by atoms with E-state index < -0.39 is 0 Å². The number of nitrogens with one attached hydrogen (secondary N) is 1. The van der Waals surface area contributed by atoms with Gasteiger partial charge in [-0.15, -0.1) is 11.3 Å². The molecule has 2 nitrogen and oxygen atoms in total. The van der Waals surface area contributed by atoms with E-state index >= 15 is 0 Å². The fraction of sp³-hybridized carbons (Fsp3) is 0.733. The van der Waals surface area contributed by atoms with Crippen LogP contribution < -0.4 is 5.32 Å². The van der Waals surface area contributed by atoms with Gasteiger partial charge in [0.15, 0.2) is 0 Å². The van der Waals surface area contributed by atoms with E-state index in [1.165, 1.54) is 22.1 Å². The number of thiophene rings is 1. The number of methoxy groups -OCH3 is 1. The van der Waals surface area contributed by atoms with E-state index in [1.54, 1.807) is 17.6 Å². The average molecular weight is 393 g/mol. The highest BCUT2D eigenvalue weighted by molar-refractivity contribution is 14.1. The number of aryl methyl sites for hydroxylation is 1. The van der Waals surface area contributed by atoms with Gasteiger partial charge in [-0.3, -0.25) is 0 Å². The molecule has 1 aliphatic carbocycles. The van der Waals surface area contributed by atoms with Crippen molar-refractivity contribution in [2.24, 2.45) is 5.41 Å². The van der Waals surface area contributed by atoms with Crippen molar-refractivity contribution in [2.75, 3.05) is 20.3 Å². The van der Waals surface area contributed by atoms with Crippen LogP contribution in [0.1, 0.15) is 49.6 Å². The molecule has 0 spiro atoms. The van der Waals surface area contributed by atoms with Gasteiger partial charge in [-0.2, -0.15) is 0 Å². The normalized spacial score (nSPS) is 19.5. The second kappa shape index (κ2) is 6.87. The van der Waals surface area contributed by atoms with Crippen LogP contribution in [0, 0.1) is 8.30 Å². The minimum absolute atomic E-state index is 0.302. The van der Waals surface area contributed by atoms with Crippen LogP contribution in [0.2, 0.25) is 0 Å². The van der Waals surface area contributed by atoms with Crippen LogP contribution in [0.15, 0.2) is 6.07 Å². The van der Waals surface area contributed by atoms with Crippen molar-refractivity contribution in [3.05, 3.63) is 19.4 Å². The molecule has 1 aromatic rings. The standard InChI is InChI=1S/C15H24INOS/c1-15(2,7-8-18-3)10-17-12-5-4-6-13-11(12)9-14(16)19-13/h9,12,17H,4-8,10H2,1-3H3. The lowest BCUT2D eigenvalue weighted by molar-refractivity contribution is 0.148. The summed E-state index contributed by atoms with van der Waals surface area (Å²) in [4.78, 5) is 1.60. The minimum Gasteiger partial charge on any atom is -0.385 e. The lowest BCUT2D eigenvalue weighted by atomic mass is 9.87. The lowest BCUT2D eigenvalue weighted by Gasteiger charge is -2.30. The predicted octanol–water partition coefficient (Wildman–Crippen LogP) is 4.38. The topological polar surface area (TPSA) is 21.3 Å². The maximum atomic E-state index is 5.20. The van der Waals surface area contributed by atoms with E-state index in [-0.39, 0.29) is 0 Å². The molecule has 1 N–H and O–H groups in total. The maximum Gasteiger partial charge on any atom is 0.0659 e. The van der Waals surface area contributed by atoms with E-state index in [4.69, 9.17) is 4.74 Å². The Morgan fingerprint density at radius 3 is 3.05 bits per heavy atom. The second-order valence-electron chi connectivity index (χ2n) is 6.16. The number of hydrogen-bond acceptors (Lipinski definition) is 3. The van der Waals surface area contributed by atoms with Crippen LogP contribution >= 0.6 is 33.9 Å². The Morgan fingerprint density at radius 1 is 1.53 bits per heavy atom. The highest BCUT2D eigenvalue weighted by Crippen LogP contribution is 2.36. The monoisotopic (exact) mass is 393 g/mol. The zero-order valence-electron chi connectivity index (χ0n) is 12.1. The molecule has 0 saturated carbocycles. The van der Waals surface area contributed by atoms with Crippen molar-refractivity contribution in [1.82, 2.24) is 5.32 Å². The zero-order chi connectivity index (χ0) is 13.9. The first-order valence-corrected chi connectivity index (χ1v) is 8.92. The van der Waals surface area contributed by atoms with Gasteiger partial charge < -0.3 is 10.1 Å². The van der Waals surface area contributed by atoms with Gasteiger partial charge in [0.1, 0.15) is 0 Å². The molecular formula is C15H24INOS. The second-order valence-corrected chi connectivity index (χ2v) is 9.19. The lowest BCUT2D eigenvalue weighted by Crippen LogP contribution is -2.34. The van der Waals surface area contributed by atoms with E-state index in [9.17, 15) is 0 Å². The molecule has 1 atom stereocenters. The summed E-state index contributed by atoms with van der Waals surface area (Å²) in [5.41, 5.74) is 1.86. The molecule has 0 aliphatic heterocycles. The summed E-state index contributed by atoms with van der Waals surface area (Å²) in [6, 6.07) is 2.94. The molecular weight excluding hydrogens is 369 g/mol. The van der Waals surface area contributed by atoms with Crippen molar-refractivity contribution in [2.45, 2.75) is 45.6 Å². The summed E-state index contributed by atoms with van der Waals surface area (Å²) in [5.74, 6) is 0. The minimum atomic E-state index is 0.302. The van der Waals surface area contributed by atoms with Gasteiger partial charge in [-0.1, -0.05) is 13.8 Å². The van der Waals surface area contributed by atoms with Crippen LogP contribution in [-0.2, 0) is 11.2 Å². The third-order valence-electron chi connectivity index (χ3n) is 3.89. The van der Waals surface area contributed by atoms with Gasteiger partial charge in [-0.05, 0) is 65.3 Å². The molecule has 19 heavy (non-hydrogen) atoms. The number of fused-ring (bicyclic) bond motifs is 1. The number of rotatable bonds is 6. The summed E-state index contributed by atoms with van der Waals surface area (Å²) in [6.45, 7) is 6.55. The van der Waals surface area contributed by atoms with Gasteiger partial charge in [0.2, 0.25) is 0 Å². The van der Waals surface area contributed by atoms with E-state index in [1.807, 2.05) is 11.3 Å². The molecule has 0 amide bonds. The fourth-order valence-corrected chi connectivity index (χ4v) is 4.72. The summed E-state index contributed by atoms with van der Waals surface area (Å²) < 4.78 is 6.63. The predicted molar refractivity (Wildman–Crippen MR) is 91.0 cm³/mol. The third kappa shape index (κ3) is 4.41. The van der Waals surface area contributed by atoms with Crippen molar-refractivity contribution in [3.8, 4) is 0 Å². The molecule has 1 heterocycles. The van der Waals surface area contributed by atoms with Gasteiger partial charge in [0, 0.05) is 31.2 Å². The number of ether oxygens (including phenoxy) is 1. The van der Waals surface area contributed by atoms with E-state index in [0.717, 1.165) is 19.6 Å². The van der Waals surface area contributed by atoms with Crippen LogP contribution in [0.5, 0.6) is 0 Å². The van der Waals surface area contributed by atoms with Crippen molar-refractivity contribution in [1.29, 1.82) is 0 Å². The van der Waals surface area contributed by atoms with Crippen molar-refractivity contribution >= 4 is 33.9 Å². The first kappa shape index (κ1) is 15.7. The zero-order valence-corrected chi connectivity index (χ0v) is 15.1. The highest BCUT2D eigenvalue weighted by Gasteiger charge is 2.25. The Labute approximate surface area is 134 Å². The largest absolute Gasteiger partial charge is 0.385 e. The third-order valence-corrected chi connectivity index (χ3v) is 5.86. The molecule has 0 bridgehead atoms. The van der Waals surface area contributed by atoms with Crippen molar-refractivity contribution in [3.63, 3.8) is 0 Å². The Bertz CT molecular complexity index is 416. The molecule has 1 aliphatic rings. The molecule has 0 saturated heterocycles. The molecule has 1 unspecified atom stereocenters. The molecule has 0 fully saturated rings. The van der Waals surface area contributed by atoms with Crippen molar-refractivity contribution < 1.29 is 4.74 Å². The van der Waals surface area contributed by atoms with E-state index in [2.05, 4.69) is 47.8 Å². The number of hydrogen-bond donors (Lipinski definition) is 1. The first-order chi connectivity index (χ1) is 9.02. The Morgan fingerprint density at radius 2 is 2.32 bits per heavy atom. The van der Waals surface area contributed by atoms with Crippen LogP contribution in [0.25, 0.3) is 0 Å². The molecule has 0 radical (unpaired) electrons. The number of halogens is 1. The molecule has 1 aromatic heterocycles. The summed E-state index contributed by atoms with van der Waals surface area (Å²) in [7, 11) is 1.78. The van der Waals surface area contributed by atoms with Crippen LogP contribution in [-0.4, -0.2) is 20.3 Å². The Balaban J connectivity index is 1.93. The Kier molecular flexibility index (Phi) is 5.69. The summed E-state index contributed by atoms with van der Waals surface area (Å²) >= 11 is 4.42. The molecule has 4 heteroatoms. The van der Waals surface area contributed by atoms with E-state index in [0.29, 0.717) is 11.5 Å². The Hall–Kier alpha value is 0.350. The molecule has 2 rings (SSSR count). The first-order valence-electron chi connectivity index (χ1n) is 7.02. The van der Waals surface area contributed by atoms with Crippen LogP contribution in [0.3, 0.4) is 0 Å². The maximum absolute atomic E-state index is 5.20. The van der Waals surface area contributed by atoms with Gasteiger partial charge in [0.05, 0.1) is 2.88 Å². The quantitative estimate of drug-likeness (QED) is 0.725. The fourth-order valence-electron chi connectivity index (χ4n) is 2.60. The van der Waals surface area contributed by atoms with Gasteiger partial charge >= 0.3 is 0 Å². The van der Waals surface area contributed by atoms with Gasteiger partial charge in [0.25, 0.3) is 0 Å². The molecule has 0 aromatic carbocycles. The van der Waals surface area contributed by atoms with Gasteiger partial charge in [-0.25, -0.2) is 0 Å². The summed E-state index contributed by atoms with van der Waals surface area (Å²) in [6.07, 6.45) is 4.98. The smallest absolute Gasteiger partial charge is 0.0659 e.